The molecule has 2 nitrogen and oxygen atoms in total. The van der Waals surface area contributed by atoms with Crippen LogP contribution < -0.4 is 0 Å². The molecule has 0 fully saturated rings. The first-order valence-electron chi connectivity index (χ1n) is 4.02. The Morgan fingerprint density at radius 3 is 1.92 bits per heavy atom. The Labute approximate surface area is 71.3 Å². The molecule has 0 aliphatic carbocycles. The second-order valence-corrected chi connectivity index (χ2v) is 3.05. The van der Waals surface area contributed by atoms with Crippen LogP contribution in [0.3, 0.4) is 0 Å². The third kappa shape index (κ3) is 2.16. The summed E-state index contributed by atoms with van der Waals surface area (Å²) < 4.78 is 24.6. The highest BCUT2D eigenvalue weighted by atomic mass is 19.3. The van der Waals surface area contributed by atoms with E-state index in [-0.39, 0.29) is 0 Å². The van der Waals surface area contributed by atoms with Gasteiger partial charge in [-0.3, -0.25) is 0 Å². The number of nitrogens with zero attached hydrogens (tertiary/aromatic N) is 1. The molecule has 0 aliphatic rings. The maximum Gasteiger partial charge on any atom is 0.280 e. The lowest BCUT2D eigenvalue weighted by atomic mass is 9.80. The number of halogens is 2. The Morgan fingerprint density at radius 2 is 1.83 bits per heavy atom. The number of hydrogen-bond donors (Lipinski definition) is 1. The minimum Gasteiger partial charge on any atom is -0.411 e. The number of alkyl halides is 2. The van der Waals surface area contributed by atoms with Gasteiger partial charge in [0.05, 0.1) is 0 Å². The van der Waals surface area contributed by atoms with Gasteiger partial charge in [-0.05, 0) is 12.8 Å². The molecule has 72 valence electrons. The second kappa shape index (κ2) is 4.38. The van der Waals surface area contributed by atoms with Crippen molar-refractivity contribution in [2.75, 3.05) is 0 Å². The van der Waals surface area contributed by atoms with Crippen molar-refractivity contribution in [1.29, 1.82) is 0 Å². The average Bonchev–Trinajstić information content (AvgIpc) is 2.04. The lowest BCUT2D eigenvalue weighted by Gasteiger charge is -2.26. The first-order chi connectivity index (χ1) is 5.51. The summed E-state index contributed by atoms with van der Waals surface area (Å²) in [6, 6.07) is 0. The third-order valence-electron chi connectivity index (χ3n) is 2.49. The molecule has 12 heavy (non-hydrogen) atoms. The van der Waals surface area contributed by atoms with Gasteiger partial charge in [-0.2, -0.15) is 0 Å². The second-order valence-electron chi connectivity index (χ2n) is 3.05. The molecule has 0 aromatic heterocycles. The van der Waals surface area contributed by atoms with Crippen LogP contribution >= 0.6 is 0 Å². The summed E-state index contributed by atoms with van der Waals surface area (Å²) in [6.07, 6.45) is -1.57. The summed E-state index contributed by atoms with van der Waals surface area (Å²) in [5.74, 6) is 0. The zero-order valence-electron chi connectivity index (χ0n) is 7.64. The van der Waals surface area contributed by atoms with Gasteiger partial charge in [0.2, 0.25) is 0 Å². The maximum absolute atomic E-state index is 12.3. The lowest BCUT2D eigenvalue weighted by molar-refractivity contribution is 0.190. The fraction of sp³-hybridized carbons (Fsp3) is 0.875. The summed E-state index contributed by atoms with van der Waals surface area (Å²) in [5.41, 5.74) is -1.09. The lowest BCUT2D eigenvalue weighted by Crippen LogP contribution is -2.32. The molecule has 0 saturated heterocycles. The van der Waals surface area contributed by atoms with Crippen LogP contribution in [0.15, 0.2) is 5.16 Å². The quantitative estimate of drug-likeness (QED) is 0.401. The Bertz CT molecular complexity index is 164. The van der Waals surface area contributed by atoms with E-state index >= 15 is 0 Å². The fourth-order valence-corrected chi connectivity index (χ4v) is 1.04. The van der Waals surface area contributed by atoms with Gasteiger partial charge in [0, 0.05) is 5.41 Å². The Kier molecular flexibility index (Phi) is 4.13. The van der Waals surface area contributed by atoms with Gasteiger partial charge in [-0.15, -0.1) is 0 Å². The summed E-state index contributed by atoms with van der Waals surface area (Å²) in [5, 5.41) is 11.1. The monoisotopic (exact) mass is 179 g/mol. The van der Waals surface area contributed by atoms with Crippen LogP contribution in [0.2, 0.25) is 0 Å². The Hall–Kier alpha value is -0.670. The largest absolute Gasteiger partial charge is 0.411 e. The molecule has 0 rings (SSSR count). The third-order valence-corrected chi connectivity index (χ3v) is 2.49. The van der Waals surface area contributed by atoms with E-state index in [0.29, 0.717) is 12.8 Å². The van der Waals surface area contributed by atoms with Crippen LogP contribution in [-0.4, -0.2) is 17.3 Å². The topological polar surface area (TPSA) is 32.6 Å². The van der Waals surface area contributed by atoms with Crippen molar-refractivity contribution in [3.8, 4) is 0 Å². The van der Waals surface area contributed by atoms with Crippen molar-refractivity contribution < 1.29 is 14.0 Å². The summed E-state index contributed by atoms with van der Waals surface area (Å²) in [7, 11) is 0. The first kappa shape index (κ1) is 11.3. The van der Waals surface area contributed by atoms with Crippen molar-refractivity contribution in [2.45, 2.75) is 40.0 Å². The number of rotatable bonds is 4. The maximum atomic E-state index is 12.3. The molecule has 0 bridgehead atoms. The standard InChI is InChI=1S/C8H15F2NO/c1-4-8(3,5-2)6(11-12)7(9)10/h7,12H,4-5H2,1-3H3. The van der Waals surface area contributed by atoms with Gasteiger partial charge in [0.15, 0.2) is 0 Å². The smallest absolute Gasteiger partial charge is 0.280 e. The van der Waals surface area contributed by atoms with E-state index in [4.69, 9.17) is 5.21 Å². The molecule has 0 atom stereocenters. The highest BCUT2D eigenvalue weighted by Gasteiger charge is 2.33. The first-order valence-corrected chi connectivity index (χ1v) is 4.02. The van der Waals surface area contributed by atoms with E-state index in [2.05, 4.69) is 5.16 Å². The van der Waals surface area contributed by atoms with Gasteiger partial charge >= 0.3 is 0 Å². The Balaban J connectivity index is 4.69. The molecule has 0 aliphatic heterocycles. The van der Waals surface area contributed by atoms with Gasteiger partial charge < -0.3 is 5.21 Å². The molecule has 1 N–H and O–H groups in total. The van der Waals surface area contributed by atoms with Crippen LogP contribution in [0.25, 0.3) is 0 Å². The van der Waals surface area contributed by atoms with Crippen molar-refractivity contribution in [3.05, 3.63) is 0 Å². The van der Waals surface area contributed by atoms with Crippen LogP contribution in [0, 0.1) is 5.41 Å². The molecular weight excluding hydrogens is 164 g/mol. The van der Waals surface area contributed by atoms with Crippen LogP contribution in [-0.2, 0) is 0 Å². The zero-order valence-corrected chi connectivity index (χ0v) is 7.64. The van der Waals surface area contributed by atoms with E-state index in [1.54, 1.807) is 20.8 Å². The van der Waals surface area contributed by atoms with E-state index in [0.717, 1.165) is 0 Å². The molecule has 0 radical (unpaired) electrons. The van der Waals surface area contributed by atoms with Crippen molar-refractivity contribution in [2.24, 2.45) is 10.6 Å². The minimum absolute atomic E-state index is 0.410. The average molecular weight is 179 g/mol. The molecule has 0 unspecified atom stereocenters. The van der Waals surface area contributed by atoms with Gasteiger partial charge in [0.1, 0.15) is 5.71 Å². The molecule has 0 aromatic carbocycles. The summed E-state index contributed by atoms with van der Waals surface area (Å²) >= 11 is 0. The van der Waals surface area contributed by atoms with E-state index in [1.807, 2.05) is 0 Å². The van der Waals surface area contributed by atoms with E-state index in [9.17, 15) is 8.78 Å². The van der Waals surface area contributed by atoms with Crippen molar-refractivity contribution in [1.82, 2.24) is 0 Å². The molecule has 0 amide bonds. The minimum atomic E-state index is -2.67. The summed E-state index contributed by atoms with van der Waals surface area (Å²) in [6.45, 7) is 5.28. The highest BCUT2D eigenvalue weighted by molar-refractivity contribution is 5.92. The van der Waals surface area contributed by atoms with Crippen LogP contribution in [0.5, 0.6) is 0 Å². The highest BCUT2D eigenvalue weighted by Crippen LogP contribution is 2.30. The van der Waals surface area contributed by atoms with Crippen molar-refractivity contribution >= 4 is 5.71 Å². The zero-order chi connectivity index (χ0) is 9.78. The van der Waals surface area contributed by atoms with E-state index < -0.39 is 17.6 Å². The normalized spacial score (nSPS) is 14.0. The predicted molar refractivity (Wildman–Crippen MR) is 43.9 cm³/mol. The van der Waals surface area contributed by atoms with Crippen molar-refractivity contribution in [3.63, 3.8) is 0 Å². The van der Waals surface area contributed by atoms with Gasteiger partial charge in [-0.1, -0.05) is 25.9 Å². The van der Waals surface area contributed by atoms with E-state index in [1.165, 1.54) is 0 Å². The molecule has 0 spiro atoms. The molecule has 0 aromatic rings. The molecule has 4 heteroatoms. The van der Waals surface area contributed by atoms with Crippen LogP contribution in [0.4, 0.5) is 8.78 Å². The van der Waals surface area contributed by atoms with Crippen LogP contribution in [0.1, 0.15) is 33.6 Å². The fourth-order valence-electron chi connectivity index (χ4n) is 1.04. The Morgan fingerprint density at radius 1 is 1.42 bits per heavy atom. The number of hydrogen-bond acceptors (Lipinski definition) is 2. The van der Waals surface area contributed by atoms with Gasteiger partial charge in [0.25, 0.3) is 6.43 Å². The number of oxime groups is 1. The van der Waals surface area contributed by atoms with Gasteiger partial charge in [-0.25, -0.2) is 8.78 Å². The summed E-state index contributed by atoms with van der Waals surface area (Å²) in [4.78, 5) is 0. The predicted octanol–water partition coefficient (Wildman–Crippen LogP) is 2.91. The SMILES string of the molecule is CCC(C)(CC)C(=NO)C(F)F. The molecule has 0 saturated carbocycles. The molecular formula is C8H15F2NO. The molecule has 0 heterocycles.